The average Bonchev–Trinajstić information content (AvgIpc) is 2.91. The van der Waals surface area contributed by atoms with Crippen LogP contribution >= 0.6 is 11.6 Å². The Balaban J connectivity index is 1.49. The van der Waals surface area contributed by atoms with Gasteiger partial charge in [-0.1, -0.05) is 17.7 Å². The number of hydrogen-bond donors (Lipinski definition) is 1. The van der Waals surface area contributed by atoms with Crippen LogP contribution in [0.25, 0.3) is 5.57 Å². The Kier molecular flexibility index (Phi) is 4.09. The highest BCUT2D eigenvalue weighted by molar-refractivity contribution is 6.31. The molecule has 0 atom stereocenters. The van der Waals surface area contributed by atoms with Gasteiger partial charge in [-0.05, 0) is 36.4 Å². The van der Waals surface area contributed by atoms with E-state index in [1.807, 2.05) is 30.5 Å². The first-order valence-electron chi connectivity index (χ1n) is 8.18. The minimum Gasteiger partial charge on any atom is -0.373 e. The van der Waals surface area contributed by atoms with Crippen molar-refractivity contribution < 1.29 is 9.18 Å². The Morgan fingerprint density at radius 2 is 1.88 bits per heavy atom. The topological polar surface area (TPSA) is 35.6 Å². The predicted octanol–water partition coefficient (Wildman–Crippen LogP) is 3.59. The van der Waals surface area contributed by atoms with Crippen molar-refractivity contribution in [2.45, 2.75) is 0 Å². The molecule has 25 heavy (non-hydrogen) atoms. The van der Waals surface area contributed by atoms with E-state index in [4.69, 9.17) is 11.6 Å². The molecule has 1 amide bonds. The van der Waals surface area contributed by atoms with Crippen molar-refractivity contribution in [3.8, 4) is 0 Å². The summed E-state index contributed by atoms with van der Waals surface area (Å²) in [6, 6.07) is 12.2. The summed E-state index contributed by atoms with van der Waals surface area (Å²) in [5.41, 5.74) is 2.91. The van der Waals surface area contributed by atoms with E-state index in [2.05, 4.69) is 15.1 Å². The second kappa shape index (κ2) is 6.41. The van der Waals surface area contributed by atoms with Gasteiger partial charge in [-0.25, -0.2) is 4.39 Å². The lowest BCUT2D eigenvalue weighted by Crippen LogP contribution is -2.44. The van der Waals surface area contributed by atoms with Crippen LogP contribution in [-0.2, 0) is 4.79 Å². The van der Waals surface area contributed by atoms with Gasteiger partial charge in [-0.2, -0.15) is 0 Å². The van der Waals surface area contributed by atoms with Crippen molar-refractivity contribution in [3.05, 3.63) is 65.1 Å². The number of carbonyl (C=O) groups excluding carboxylic acids is 1. The maximum Gasteiger partial charge on any atom is 0.257 e. The van der Waals surface area contributed by atoms with E-state index in [0.717, 1.165) is 36.9 Å². The van der Waals surface area contributed by atoms with Crippen LogP contribution < -0.4 is 10.2 Å². The zero-order chi connectivity index (χ0) is 17.4. The molecule has 0 aliphatic carbocycles. The number of rotatable bonds is 2. The molecule has 1 fully saturated rings. The van der Waals surface area contributed by atoms with E-state index in [-0.39, 0.29) is 11.7 Å². The number of benzene rings is 2. The lowest BCUT2D eigenvalue weighted by molar-refractivity contribution is -0.110. The number of anilines is 2. The molecule has 0 radical (unpaired) electrons. The smallest absolute Gasteiger partial charge is 0.257 e. The lowest BCUT2D eigenvalue weighted by atomic mass is 10.1. The molecular formula is C19H17ClFN3O. The Morgan fingerprint density at radius 3 is 2.64 bits per heavy atom. The van der Waals surface area contributed by atoms with Gasteiger partial charge in [0.05, 0.1) is 5.57 Å². The van der Waals surface area contributed by atoms with Crippen LogP contribution in [0.5, 0.6) is 0 Å². The molecule has 2 aromatic rings. The van der Waals surface area contributed by atoms with Gasteiger partial charge in [0.25, 0.3) is 5.91 Å². The van der Waals surface area contributed by atoms with E-state index in [9.17, 15) is 9.18 Å². The summed E-state index contributed by atoms with van der Waals surface area (Å²) in [6.07, 6.45) is 1.84. The zero-order valence-corrected chi connectivity index (χ0v) is 14.3. The van der Waals surface area contributed by atoms with Gasteiger partial charge in [0.15, 0.2) is 0 Å². The van der Waals surface area contributed by atoms with Crippen LogP contribution in [0, 0.1) is 5.82 Å². The van der Waals surface area contributed by atoms with Gasteiger partial charge in [0.1, 0.15) is 5.82 Å². The maximum absolute atomic E-state index is 13.5. The molecule has 0 saturated carbocycles. The number of fused-ring (bicyclic) bond motifs is 1. The van der Waals surface area contributed by atoms with Gasteiger partial charge in [0.2, 0.25) is 0 Å². The molecule has 4 nitrogen and oxygen atoms in total. The summed E-state index contributed by atoms with van der Waals surface area (Å²) in [5, 5.41) is 3.50. The van der Waals surface area contributed by atoms with Gasteiger partial charge in [0, 0.05) is 54.3 Å². The number of hydrogen-bond acceptors (Lipinski definition) is 3. The normalized spacial score (nSPS) is 18.5. The summed E-state index contributed by atoms with van der Waals surface area (Å²) in [4.78, 5) is 16.6. The maximum atomic E-state index is 13.5. The minimum absolute atomic E-state index is 0.183. The highest BCUT2D eigenvalue weighted by Crippen LogP contribution is 2.32. The lowest BCUT2D eigenvalue weighted by Gasteiger charge is -2.35. The number of amides is 1. The molecular weight excluding hydrogens is 341 g/mol. The first kappa shape index (κ1) is 16.0. The number of halogens is 2. The van der Waals surface area contributed by atoms with Crippen molar-refractivity contribution in [2.24, 2.45) is 0 Å². The third-order valence-corrected chi connectivity index (χ3v) is 4.80. The summed E-state index contributed by atoms with van der Waals surface area (Å²) >= 11 is 6.06. The van der Waals surface area contributed by atoms with Crippen LogP contribution in [0.1, 0.15) is 5.56 Å². The van der Waals surface area contributed by atoms with Crippen LogP contribution in [0.15, 0.2) is 48.7 Å². The standard InChI is InChI=1S/C19H17ClFN3O/c20-13-2-1-3-15(10-13)24-8-6-23(7-9-24)12-17-16-11-14(21)4-5-18(16)22-19(17)25/h1-5,10-12H,6-9H2,(H,22,25)/b17-12+. The van der Waals surface area contributed by atoms with E-state index < -0.39 is 0 Å². The fraction of sp³-hybridized carbons (Fsp3) is 0.211. The third-order valence-electron chi connectivity index (χ3n) is 4.56. The molecule has 1 N–H and O–H groups in total. The fourth-order valence-electron chi connectivity index (χ4n) is 3.25. The number of nitrogens with zero attached hydrogens (tertiary/aromatic N) is 2. The van der Waals surface area contributed by atoms with Gasteiger partial charge >= 0.3 is 0 Å². The van der Waals surface area contributed by atoms with E-state index in [0.29, 0.717) is 16.8 Å². The van der Waals surface area contributed by atoms with Gasteiger partial charge < -0.3 is 15.1 Å². The largest absolute Gasteiger partial charge is 0.373 e. The van der Waals surface area contributed by atoms with Gasteiger partial charge in [-0.15, -0.1) is 0 Å². The summed E-state index contributed by atoms with van der Waals surface area (Å²) in [6.45, 7) is 3.24. The molecule has 2 aliphatic heterocycles. The molecule has 1 saturated heterocycles. The first-order valence-corrected chi connectivity index (χ1v) is 8.55. The first-order chi connectivity index (χ1) is 12.1. The molecule has 2 aromatic carbocycles. The highest BCUT2D eigenvalue weighted by atomic mass is 35.5. The monoisotopic (exact) mass is 357 g/mol. The Bertz CT molecular complexity index is 859. The molecule has 4 rings (SSSR count). The summed E-state index contributed by atoms with van der Waals surface area (Å²) in [7, 11) is 0. The predicted molar refractivity (Wildman–Crippen MR) is 98.2 cm³/mol. The number of nitrogens with one attached hydrogen (secondary N) is 1. The van der Waals surface area contributed by atoms with E-state index in [1.54, 1.807) is 6.07 Å². The Hall–Kier alpha value is -2.53. The second-order valence-corrected chi connectivity index (χ2v) is 6.63. The van der Waals surface area contributed by atoms with Crippen LogP contribution in [-0.4, -0.2) is 37.0 Å². The Labute approximate surface area is 150 Å². The molecule has 0 spiro atoms. The highest BCUT2D eigenvalue weighted by Gasteiger charge is 2.26. The quantitative estimate of drug-likeness (QED) is 0.834. The molecule has 0 aromatic heterocycles. The average molecular weight is 358 g/mol. The van der Waals surface area contributed by atoms with Crippen molar-refractivity contribution in [1.82, 2.24) is 4.90 Å². The molecule has 128 valence electrons. The Morgan fingerprint density at radius 1 is 1.08 bits per heavy atom. The summed E-state index contributed by atoms with van der Waals surface area (Å²) in [5.74, 6) is -0.523. The third kappa shape index (κ3) is 3.20. The molecule has 6 heteroatoms. The molecule has 2 aliphatic rings. The molecule has 0 bridgehead atoms. The molecule has 0 unspecified atom stereocenters. The van der Waals surface area contributed by atoms with Crippen LogP contribution in [0.3, 0.4) is 0 Å². The van der Waals surface area contributed by atoms with E-state index >= 15 is 0 Å². The zero-order valence-electron chi connectivity index (χ0n) is 13.5. The fourth-order valence-corrected chi connectivity index (χ4v) is 3.44. The molecule has 2 heterocycles. The SMILES string of the molecule is O=C1Nc2ccc(F)cc2/C1=C\N1CCN(c2cccc(Cl)c2)CC1. The van der Waals surface area contributed by atoms with Crippen molar-refractivity contribution in [1.29, 1.82) is 0 Å². The second-order valence-electron chi connectivity index (χ2n) is 6.19. The van der Waals surface area contributed by atoms with Crippen LogP contribution in [0.2, 0.25) is 5.02 Å². The van der Waals surface area contributed by atoms with E-state index in [1.165, 1.54) is 12.1 Å². The van der Waals surface area contributed by atoms with Crippen molar-refractivity contribution in [3.63, 3.8) is 0 Å². The minimum atomic E-state index is -0.341. The number of carbonyl (C=O) groups is 1. The number of piperazine rings is 1. The van der Waals surface area contributed by atoms with Crippen LogP contribution in [0.4, 0.5) is 15.8 Å². The summed E-state index contributed by atoms with van der Waals surface area (Å²) < 4.78 is 13.5. The van der Waals surface area contributed by atoms with Gasteiger partial charge in [-0.3, -0.25) is 4.79 Å². The van der Waals surface area contributed by atoms with Crippen molar-refractivity contribution >= 4 is 34.5 Å². The van der Waals surface area contributed by atoms with Crippen molar-refractivity contribution in [2.75, 3.05) is 36.4 Å².